The number of hydrogen-bond acceptors (Lipinski definition) is 6. The summed E-state index contributed by atoms with van der Waals surface area (Å²) in [7, 11) is 1.97. The molecule has 1 heterocycles. The zero-order valence-electron chi connectivity index (χ0n) is 18.4. The monoisotopic (exact) mass is 422 g/mol. The Balaban J connectivity index is 1.65. The second-order valence-corrected chi connectivity index (χ2v) is 7.44. The van der Waals surface area contributed by atoms with E-state index in [1.54, 1.807) is 0 Å². The van der Waals surface area contributed by atoms with Gasteiger partial charge in [0.2, 0.25) is 0 Å². The molecule has 0 saturated heterocycles. The van der Waals surface area contributed by atoms with E-state index >= 15 is 0 Å². The van der Waals surface area contributed by atoms with Crippen LogP contribution in [0.1, 0.15) is 31.4 Å². The van der Waals surface area contributed by atoms with Crippen molar-refractivity contribution in [3.8, 4) is 28.5 Å². The molecule has 0 radical (unpaired) electrons. The second kappa shape index (κ2) is 9.31. The van der Waals surface area contributed by atoms with Crippen LogP contribution in [0.5, 0.6) is 17.2 Å². The lowest BCUT2D eigenvalue weighted by atomic mass is 10.1. The highest BCUT2D eigenvalue weighted by Gasteiger charge is 2.29. The molecule has 0 unspecified atom stereocenters. The van der Waals surface area contributed by atoms with Gasteiger partial charge in [-0.3, -0.25) is 4.68 Å². The zero-order chi connectivity index (χ0) is 21.8. The van der Waals surface area contributed by atoms with Crippen LogP contribution in [-0.2, 0) is 13.5 Å². The number of fused-ring (bicyclic) bond motifs is 3. The molecule has 7 heteroatoms. The first-order valence-electron chi connectivity index (χ1n) is 10.8. The molecule has 3 aromatic rings. The molecular weight excluding hydrogens is 392 g/mol. The number of benzene rings is 2. The molecule has 4 rings (SSSR count). The molecule has 0 atom stereocenters. The van der Waals surface area contributed by atoms with E-state index in [-0.39, 0.29) is 0 Å². The fourth-order valence-electron chi connectivity index (χ4n) is 3.95. The molecule has 31 heavy (non-hydrogen) atoms. The van der Waals surface area contributed by atoms with Crippen molar-refractivity contribution in [1.29, 1.82) is 0 Å². The van der Waals surface area contributed by atoms with E-state index in [2.05, 4.69) is 17.4 Å². The van der Waals surface area contributed by atoms with E-state index in [1.165, 1.54) is 11.1 Å². The largest absolute Gasteiger partial charge is 0.494 e. The van der Waals surface area contributed by atoms with Crippen LogP contribution in [-0.4, -0.2) is 36.1 Å². The fraction of sp³-hybridized carbons (Fsp3) is 0.375. The third kappa shape index (κ3) is 4.32. The van der Waals surface area contributed by atoms with Gasteiger partial charge in [0.25, 0.3) is 0 Å². The fourth-order valence-corrected chi connectivity index (χ4v) is 3.95. The number of nitrogens with one attached hydrogen (secondary N) is 1. The Hall–Kier alpha value is -3.19. The van der Waals surface area contributed by atoms with Gasteiger partial charge < -0.3 is 25.3 Å². The van der Waals surface area contributed by atoms with Crippen molar-refractivity contribution in [2.45, 2.75) is 26.7 Å². The summed E-state index contributed by atoms with van der Waals surface area (Å²) in [4.78, 5) is 0. The first-order chi connectivity index (χ1) is 15.1. The number of rotatable bonds is 10. The summed E-state index contributed by atoms with van der Waals surface area (Å²) in [5, 5.41) is 8.21. The lowest BCUT2D eigenvalue weighted by molar-refractivity contribution is 0.275. The molecule has 0 fully saturated rings. The molecule has 0 saturated carbocycles. The van der Waals surface area contributed by atoms with Crippen molar-refractivity contribution < 1.29 is 14.2 Å². The smallest absolute Gasteiger partial charge is 0.161 e. The highest BCUT2D eigenvalue weighted by atomic mass is 16.5. The van der Waals surface area contributed by atoms with Gasteiger partial charge in [-0.15, -0.1) is 0 Å². The number of anilines is 2. The molecular formula is C24H30N4O3. The second-order valence-electron chi connectivity index (χ2n) is 7.44. The van der Waals surface area contributed by atoms with E-state index in [4.69, 9.17) is 25.0 Å². The summed E-state index contributed by atoms with van der Waals surface area (Å²) in [6, 6.07) is 12.1. The average Bonchev–Trinajstić information content (AvgIpc) is 3.26. The quantitative estimate of drug-likeness (QED) is 0.372. The molecule has 1 aliphatic rings. The van der Waals surface area contributed by atoms with Crippen LogP contribution < -0.4 is 25.3 Å². The summed E-state index contributed by atoms with van der Waals surface area (Å²) < 4.78 is 19.4. The minimum absolute atomic E-state index is 0.566. The Morgan fingerprint density at radius 1 is 1.06 bits per heavy atom. The molecule has 0 aliphatic heterocycles. The predicted molar refractivity (Wildman–Crippen MR) is 123 cm³/mol. The van der Waals surface area contributed by atoms with Gasteiger partial charge in [0.15, 0.2) is 17.3 Å². The highest BCUT2D eigenvalue weighted by molar-refractivity contribution is 5.82. The van der Waals surface area contributed by atoms with Crippen LogP contribution in [0.2, 0.25) is 0 Å². The minimum atomic E-state index is 0.566. The summed E-state index contributed by atoms with van der Waals surface area (Å²) in [5.74, 6) is 3.22. The Kier molecular flexibility index (Phi) is 6.32. The maximum absolute atomic E-state index is 5.98. The SMILES string of the molecule is CCOc1cccc(Nc2nn(C)c3c2Cc2cc(OCC)c(OCCCN)cc2-3)c1. The van der Waals surface area contributed by atoms with E-state index in [0.717, 1.165) is 52.9 Å². The summed E-state index contributed by atoms with van der Waals surface area (Å²) in [5.41, 5.74) is 11.2. The number of nitrogens with two attached hydrogens (primary N) is 1. The predicted octanol–water partition coefficient (Wildman–Crippen LogP) is 4.26. The van der Waals surface area contributed by atoms with Gasteiger partial charge in [-0.2, -0.15) is 5.10 Å². The number of aromatic nitrogens is 2. The minimum Gasteiger partial charge on any atom is -0.494 e. The van der Waals surface area contributed by atoms with Crippen molar-refractivity contribution in [3.05, 3.63) is 47.5 Å². The summed E-state index contributed by atoms with van der Waals surface area (Å²) in [6.45, 7) is 6.34. The standard InChI is InChI=1S/C24H30N4O3/c1-4-29-18-9-6-8-17(14-18)26-24-20-12-16-13-21(30-5-2)22(31-11-7-10-25)15-19(16)23(20)28(3)27-24/h6,8-9,13-15H,4-5,7,10-12,25H2,1-3H3,(H,26,27). The van der Waals surface area contributed by atoms with Crippen LogP contribution >= 0.6 is 0 Å². The summed E-state index contributed by atoms with van der Waals surface area (Å²) in [6.07, 6.45) is 1.59. The van der Waals surface area contributed by atoms with Gasteiger partial charge in [-0.05, 0) is 56.6 Å². The van der Waals surface area contributed by atoms with Crippen molar-refractivity contribution in [3.63, 3.8) is 0 Å². The van der Waals surface area contributed by atoms with Gasteiger partial charge in [-0.1, -0.05) is 6.07 Å². The molecule has 7 nitrogen and oxygen atoms in total. The number of nitrogens with zero attached hydrogens (tertiary/aromatic N) is 2. The molecule has 2 aromatic carbocycles. The van der Waals surface area contributed by atoms with Gasteiger partial charge in [-0.25, -0.2) is 0 Å². The van der Waals surface area contributed by atoms with Crippen LogP contribution in [0.15, 0.2) is 36.4 Å². The number of hydrogen-bond donors (Lipinski definition) is 2. The maximum atomic E-state index is 5.98. The lowest BCUT2D eigenvalue weighted by Gasteiger charge is -2.14. The molecule has 0 spiro atoms. The normalized spacial score (nSPS) is 11.7. The van der Waals surface area contributed by atoms with Crippen LogP contribution in [0.4, 0.5) is 11.5 Å². The van der Waals surface area contributed by atoms with Crippen molar-refractivity contribution >= 4 is 11.5 Å². The van der Waals surface area contributed by atoms with Gasteiger partial charge in [0, 0.05) is 36.3 Å². The summed E-state index contributed by atoms with van der Waals surface area (Å²) >= 11 is 0. The first-order valence-corrected chi connectivity index (χ1v) is 10.8. The van der Waals surface area contributed by atoms with Crippen molar-refractivity contribution in [2.24, 2.45) is 12.8 Å². The van der Waals surface area contributed by atoms with E-state index in [0.29, 0.717) is 26.4 Å². The molecule has 1 aliphatic carbocycles. The molecule has 0 amide bonds. The Morgan fingerprint density at radius 3 is 2.65 bits per heavy atom. The topological polar surface area (TPSA) is 83.6 Å². The van der Waals surface area contributed by atoms with E-state index in [9.17, 15) is 0 Å². The molecule has 3 N–H and O–H groups in total. The third-order valence-electron chi connectivity index (χ3n) is 5.25. The van der Waals surface area contributed by atoms with Gasteiger partial charge in [0.1, 0.15) is 5.75 Å². The number of aryl methyl sites for hydroxylation is 1. The van der Waals surface area contributed by atoms with E-state index in [1.807, 2.05) is 49.8 Å². The first kappa shape index (κ1) is 21.1. The highest BCUT2D eigenvalue weighted by Crippen LogP contribution is 2.45. The lowest BCUT2D eigenvalue weighted by Crippen LogP contribution is -2.07. The average molecular weight is 423 g/mol. The maximum Gasteiger partial charge on any atom is 0.161 e. The van der Waals surface area contributed by atoms with Gasteiger partial charge in [0.05, 0.1) is 25.5 Å². The Morgan fingerprint density at radius 2 is 1.87 bits per heavy atom. The van der Waals surface area contributed by atoms with Crippen LogP contribution in [0.3, 0.4) is 0 Å². The molecule has 0 bridgehead atoms. The van der Waals surface area contributed by atoms with Crippen molar-refractivity contribution in [2.75, 3.05) is 31.7 Å². The van der Waals surface area contributed by atoms with Crippen LogP contribution in [0.25, 0.3) is 11.3 Å². The van der Waals surface area contributed by atoms with E-state index < -0.39 is 0 Å². The third-order valence-corrected chi connectivity index (χ3v) is 5.25. The molecule has 1 aromatic heterocycles. The number of ether oxygens (including phenoxy) is 3. The zero-order valence-corrected chi connectivity index (χ0v) is 18.4. The Labute approximate surface area is 183 Å². The van der Waals surface area contributed by atoms with Crippen molar-refractivity contribution in [1.82, 2.24) is 9.78 Å². The van der Waals surface area contributed by atoms with Crippen LogP contribution in [0, 0.1) is 0 Å². The Bertz CT molecular complexity index is 1060. The molecule has 164 valence electrons. The van der Waals surface area contributed by atoms with Gasteiger partial charge >= 0.3 is 0 Å².